The highest BCUT2D eigenvalue weighted by atomic mass is 16.5. The number of hydrogen-bond acceptors (Lipinski definition) is 5. The molecule has 32 heavy (non-hydrogen) atoms. The first-order valence-corrected chi connectivity index (χ1v) is 11.8. The number of ether oxygens (including phenoxy) is 2. The van der Waals surface area contributed by atoms with E-state index in [1.54, 1.807) is 7.11 Å². The molecule has 5 nitrogen and oxygen atoms in total. The van der Waals surface area contributed by atoms with Crippen LogP contribution in [0.4, 0.5) is 0 Å². The normalized spacial score (nSPS) is 29.3. The molecular weight excluding hydrogens is 402 g/mol. The van der Waals surface area contributed by atoms with E-state index in [1.165, 1.54) is 5.56 Å². The molecule has 2 fully saturated rings. The number of rotatable bonds is 6. The van der Waals surface area contributed by atoms with Crippen molar-refractivity contribution in [1.29, 1.82) is 0 Å². The van der Waals surface area contributed by atoms with E-state index < -0.39 is 11.0 Å². The summed E-state index contributed by atoms with van der Waals surface area (Å²) in [6.07, 6.45) is 5.22. The molecule has 1 unspecified atom stereocenters. The van der Waals surface area contributed by atoms with Gasteiger partial charge in [0.15, 0.2) is 11.5 Å². The van der Waals surface area contributed by atoms with Gasteiger partial charge in [0.05, 0.1) is 12.7 Å². The van der Waals surface area contributed by atoms with Gasteiger partial charge in [0, 0.05) is 36.5 Å². The first-order valence-electron chi connectivity index (χ1n) is 11.8. The number of piperidine rings is 1. The van der Waals surface area contributed by atoms with Gasteiger partial charge in [-0.05, 0) is 62.9 Å². The number of benzene rings is 2. The standard InChI is InChI=1S/C27H33NO4/c1-28-15-14-26-18-21(29)12-13-27(26,32-16-6-9-19-7-4-3-5-8-19)23(28)17-20-10-11-22(31-2)25(30)24(20)26/h3-5,7-8,10-11,23,30H,6,9,12-18H2,1-2H3/t23?,26-,27+/m0/s1. The van der Waals surface area contributed by atoms with Crippen molar-refractivity contribution in [2.75, 3.05) is 27.3 Å². The van der Waals surface area contributed by atoms with Gasteiger partial charge in [-0.3, -0.25) is 4.79 Å². The lowest BCUT2D eigenvalue weighted by atomic mass is 9.49. The van der Waals surface area contributed by atoms with Crippen LogP contribution < -0.4 is 4.74 Å². The number of aryl methyl sites for hydroxylation is 1. The molecule has 0 amide bonds. The molecule has 5 heteroatoms. The first kappa shape index (κ1) is 21.5. The molecule has 5 rings (SSSR count). The topological polar surface area (TPSA) is 59.0 Å². The third-order valence-corrected chi connectivity index (χ3v) is 8.20. The highest BCUT2D eigenvalue weighted by molar-refractivity contribution is 5.83. The molecule has 170 valence electrons. The third kappa shape index (κ3) is 3.17. The number of aromatic hydroxyl groups is 1. The van der Waals surface area contributed by atoms with Gasteiger partial charge in [-0.1, -0.05) is 36.4 Å². The number of Topliss-reactive ketones (excluding diaryl/α,β-unsaturated/α-hetero) is 1. The fraction of sp³-hybridized carbons (Fsp3) is 0.519. The molecule has 0 aromatic heterocycles. The molecule has 1 saturated carbocycles. The number of carbonyl (C=O) groups is 1. The lowest BCUT2D eigenvalue weighted by Crippen LogP contribution is -2.73. The maximum absolute atomic E-state index is 12.8. The van der Waals surface area contributed by atoms with Crippen molar-refractivity contribution in [3.8, 4) is 11.5 Å². The van der Waals surface area contributed by atoms with Crippen molar-refractivity contribution in [3.63, 3.8) is 0 Å². The molecular formula is C27H33NO4. The number of phenols is 1. The van der Waals surface area contributed by atoms with Gasteiger partial charge in [-0.2, -0.15) is 0 Å². The van der Waals surface area contributed by atoms with Crippen LogP contribution in [0.2, 0.25) is 0 Å². The van der Waals surface area contributed by atoms with Crippen LogP contribution in [0.25, 0.3) is 0 Å². The minimum Gasteiger partial charge on any atom is -0.504 e. The summed E-state index contributed by atoms with van der Waals surface area (Å²) in [6.45, 7) is 1.54. The molecule has 0 radical (unpaired) electrons. The van der Waals surface area contributed by atoms with Crippen LogP contribution in [0, 0.1) is 0 Å². The summed E-state index contributed by atoms with van der Waals surface area (Å²) in [5.74, 6) is 0.943. The molecule has 2 bridgehead atoms. The van der Waals surface area contributed by atoms with Crippen LogP contribution in [0.1, 0.15) is 48.8 Å². The fourth-order valence-electron chi connectivity index (χ4n) is 6.72. The van der Waals surface area contributed by atoms with Crippen LogP contribution >= 0.6 is 0 Å². The fourth-order valence-corrected chi connectivity index (χ4v) is 6.72. The van der Waals surface area contributed by atoms with E-state index in [0.717, 1.165) is 43.4 Å². The Morgan fingerprint density at radius 2 is 1.97 bits per heavy atom. The molecule has 3 aliphatic rings. The van der Waals surface area contributed by atoms with E-state index in [0.29, 0.717) is 31.6 Å². The summed E-state index contributed by atoms with van der Waals surface area (Å²) in [4.78, 5) is 15.3. The first-order chi connectivity index (χ1) is 15.5. The molecule has 1 heterocycles. The van der Waals surface area contributed by atoms with Crippen LogP contribution in [0.5, 0.6) is 11.5 Å². The molecule has 1 aliphatic heterocycles. The smallest absolute Gasteiger partial charge is 0.161 e. The largest absolute Gasteiger partial charge is 0.504 e. The molecule has 2 aromatic carbocycles. The zero-order chi connectivity index (χ0) is 22.3. The van der Waals surface area contributed by atoms with Gasteiger partial charge in [0.2, 0.25) is 0 Å². The monoisotopic (exact) mass is 435 g/mol. The van der Waals surface area contributed by atoms with Crippen molar-refractivity contribution < 1.29 is 19.4 Å². The number of phenolic OH excluding ortho intramolecular Hbond substituents is 1. The molecule has 1 saturated heterocycles. The van der Waals surface area contributed by atoms with Crippen LogP contribution in [0.3, 0.4) is 0 Å². The number of carbonyl (C=O) groups excluding carboxylic acids is 1. The lowest BCUT2D eigenvalue weighted by molar-refractivity contribution is -0.197. The summed E-state index contributed by atoms with van der Waals surface area (Å²) in [5, 5.41) is 11.3. The number of methoxy groups -OCH3 is 1. The van der Waals surface area contributed by atoms with Crippen LogP contribution in [0.15, 0.2) is 42.5 Å². The predicted octanol–water partition coefficient (Wildman–Crippen LogP) is 4.04. The second kappa shape index (κ2) is 8.20. The zero-order valence-corrected chi connectivity index (χ0v) is 19.1. The minimum absolute atomic E-state index is 0.194. The van der Waals surface area contributed by atoms with E-state index in [1.807, 2.05) is 12.1 Å². The SMILES string of the molecule is COc1ccc2c(c1O)[C@@]13CCN(C)C(C2)[C@]1(OCCCc1ccccc1)CCC(=O)C3. The average Bonchev–Trinajstić information content (AvgIpc) is 2.80. The Hall–Kier alpha value is -2.37. The molecule has 0 spiro atoms. The average molecular weight is 436 g/mol. The summed E-state index contributed by atoms with van der Waals surface area (Å²) < 4.78 is 12.4. The lowest BCUT2D eigenvalue weighted by Gasteiger charge is -2.64. The summed E-state index contributed by atoms with van der Waals surface area (Å²) in [6, 6.07) is 14.6. The highest BCUT2D eigenvalue weighted by Gasteiger charge is 2.66. The number of likely N-dealkylation sites (N-methyl/N-ethyl adjacent to an activating group) is 1. The highest BCUT2D eigenvalue weighted by Crippen LogP contribution is 2.61. The number of hydrogen-bond donors (Lipinski definition) is 1. The van der Waals surface area contributed by atoms with Crippen molar-refractivity contribution in [2.24, 2.45) is 0 Å². The van der Waals surface area contributed by atoms with Gasteiger partial charge >= 0.3 is 0 Å². The van der Waals surface area contributed by atoms with Crippen molar-refractivity contribution in [1.82, 2.24) is 4.90 Å². The second-order valence-electron chi connectivity index (χ2n) is 9.73. The second-order valence-corrected chi connectivity index (χ2v) is 9.73. The maximum Gasteiger partial charge on any atom is 0.161 e. The zero-order valence-electron chi connectivity index (χ0n) is 19.1. The number of ketones is 1. The van der Waals surface area contributed by atoms with Gasteiger partial charge < -0.3 is 19.5 Å². The Morgan fingerprint density at radius 3 is 2.75 bits per heavy atom. The maximum atomic E-state index is 12.8. The quantitative estimate of drug-likeness (QED) is 0.694. The van der Waals surface area contributed by atoms with Crippen molar-refractivity contribution in [2.45, 2.75) is 62.0 Å². The van der Waals surface area contributed by atoms with E-state index in [2.05, 4.69) is 42.3 Å². The van der Waals surface area contributed by atoms with Gasteiger partial charge in [0.1, 0.15) is 5.78 Å². The van der Waals surface area contributed by atoms with Crippen molar-refractivity contribution in [3.05, 3.63) is 59.2 Å². The molecule has 1 N–H and O–H groups in total. The van der Waals surface area contributed by atoms with E-state index in [4.69, 9.17) is 9.47 Å². The Balaban J connectivity index is 1.53. The minimum atomic E-state index is -0.502. The van der Waals surface area contributed by atoms with Gasteiger partial charge in [-0.15, -0.1) is 0 Å². The number of likely N-dealkylation sites (tertiary alicyclic amines) is 1. The number of fused-ring (bicyclic) bond motifs is 1. The van der Waals surface area contributed by atoms with E-state index in [-0.39, 0.29) is 17.6 Å². The van der Waals surface area contributed by atoms with Crippen LogP contribution in [-0.2, 0) is 27.8 Å². The van der Waals surface area contributed by atoms with Gasteiger partial charge in [0.25, 0.3) is 0 Å². The number of nitrogens with zero attached hydrogens (tertiary/aromatic N) is 1. The third-order valence-electron chi connectivity index (χ3n) is 8.20. The Labute approximate surface area is 190 Å². The van der Waals surface area contributed by atoms with Crippen LogP contribution in [-0.4, -0.2) is 54.7 Å². The molecule has 2 aliphatic carbocycles. The van der Waals surface area contributed by atoms with E-state index >= 15 is 0 Å². The Kier molecular flexibility index (Phi) is 5.50. The van der Waals surface area contributed by atoms with E-state index in [9.17, 15) is 9.90 Å². The molecule has 3 atom stereocenters. The predicted molar refractivity (Wildman–Crippen MR) is 123 cm³/mol. The Morgan fingerprint density at radius 1 is 1.16 bits per heavy atom. The van der Waals surface area contributed by atoms with Gasteiger partial charge in [-0.25, -0.2) is 0 Å². The Bertz CT molecular complexity index is 1010. The summed E-state index contributed by atoms with van der Waals surface area (Å²) in [5.41, 5.74) is 2.37. The summed E-state index contributed by atoms with van der Waals surface area (Å²) >= 11 is 0. The summed E-state index contributed by atoms with van der Waals surface area (Å²) in [7, 11) is 3.76. The molecule has 2 aromatic rings. The van der Waals surface area contributed by atoms with Crippen molar-refractivity contribution >= 4 is 5.78 Å².